The van der Waals surface area contributed by atoms with Crippen molar-refractivity contribution in [2.75, 3.05) is 0 Å². The number of aliphatic imine (C=N–C) groups is 1. The summed E-state index contributed by atoms with van der Waals surface area (Å²) in [4.78, 5) is 4.45. The maximum absolute atomic E-state index is 4.45. The molecule has 0 fully saturated rings. The van der Waals surface area contributed by atoms with E-state index in [2.05, 4.69) is 60.5 Å². The van der Waals surface area contributed by atoms with E-state index in [-0.39, 0.29) is 10.9 Å². The number of hydrogen-bond acceptors (Lipinski definition) is 1. The predicted molar refractivity (Wildman–Crippen MR) is 64.6 cm³/mol. The van der Waals surface area contributed by atoms with Gasteiger partial charge in [-0.3, -0.25) is 4.99 Å². The lowest BCUT2D eigenvalue weighted by atomic mass is 9.72. The number of hydrogen-bond donors (Lipinski definition) is 0. The Balaban J connectivity index is 4.40. The molecule has 0 rings (SSSR count). The molecule has 0 aromatic rings. The zero-order valence-corrected chi connectivity index (χ0v) is 10.1. The van der Waals surface area contributed by atoms with E-state index in [4.69, 9.17) is 0 Å². The third-order valence-electron chi connectivity index (χ3n) is 1.32. The topological polar surface area (TPSA) is 12.4 Å². The quantitative estimate of drug-likeness (QED) is 0.456. The van der Waals surface area contributed by atoms with E-state index in [1.807, 2.05) is 6.21 Å². The van der Waals surface area contributed by atoms with Gasteiger partial charge in [0, 0.05) is 6.21 Å². The van der Waals surface area contributed by atoms with Crippen molar-refractivity contribution in [1.29, 1.82) is 0 Å². The minimum Gasteiger partial charge on any atom is -0.287 e. The SMILES string of the molecule is BC(C)(C)/C=C(C)\C=N/C(C)(C)C. The second-order valence-electron chi connectivity index (χ2n) is 5.68. The molecular weight excluding hydrogens is 157 g/mol. The molecule has 0 aliphatic carbocycles. The molecule has 0 spiro atoms. The third kappa shape index (κ3) is 9.39. The monoisotopic (exact) mass is 179 g/mol. The van der Waals surface area contributed by atoms with Gasteiger partial charge in [-0.15, -0.1) is 0 Å². The maximum Gasteiger partial charge on any atom is 0.113 e. The summed E-state index contributed by atoms with van der Waals surface area (Å²) in [7, 11) is 2.20. The maximum atomic E-state index is 4.45. The molecule has 0 aliphatic heterocycles. The molecular formula is C11H22BN. The summed E-state index contributed by atoms with van der Waals surface area (Å²) in [6, 6.07) is 0. The summed E-state index contributed by atoms with van der Waals surface area (Å²) in [6.45, 7) is 12.8. The second kappa shape index (κ2) is 4.12. The summed E-state index contributed by atoms with van der Waals surface area (Å²) in [6.07, 6.45) is 4.20. The van der Waals surface area contributed by atoms with Crippen molar-refractivity contribution in [2.24, 2.45) is 4.99 Å². The van der Waals surface area contributed by atoms with Gasteiger partial charge in [-0.05, 0) is 38.6 Å². The minimum absolute atomic E-state index is 0.0347. The van der Waals surface area contributed by atoms with Gasteiger partial charge in [-0.2, -0.15) is 0 Å². The molecule has 0 amide bonds. The van der Waals surface area contributed by atoms with E-state index in [9.17, 15) is 0 Å². The lowest BCUT2D eigenvalue weighted by molar-refractivity contribution is 0.586. The Labute approximate surface area is 83.7 Å². The molecule has 0 heterocycles. The first kappa shape index (κ1) is 12.5. The van der Waals surface area contributed by atoms with Crippen molar-refractivity contribution in [3.8, 4) is 0 Å². The van der Waals surface area contributed by atoms with Gasteiger partial charge in [0.05, 0.1) is 5.54 Å². The summed E-state index contributed by atoms with van der Waals surface area (Å²) in [5.74, 6) is 0. The molecule has 0 unspecified atom stereocenters. The second-order valence-corrected chi connectivity index (χ2v) is 5.68. The van der Waals surface area contributed by atoms with Crippen LogP contribution >= 0.6 is 0 Å². The van der Waals surface area contributed by atoms with Gasteiger partial charge in [0.2, 0.25) is 0 Å². The van der Waals surface area contributed by atoms with Crippen LogP contribution in [0.5, 0.6) is 0 Å². The van der Waals surface area contributed by atoms with Crippen LogP contribution in [0.2, 0.25) is 5.31 Å². The van der Waals surface area contributed by atoms with Crippen LogP contribution in [-0.4, -0.2) is 19.6 Å². The average molecular weight is 179 g/mol. The zero-order chi connectivity index (χ0) is 10.7. The molecule has 74 valence electrons. The van der Waals surface area contributed by atoms with E-state index in [0.717, 1.165) is 0 Å². The Hall–Kier alpha value is -0.525. The first-order valence-corrected chi connectivity index (χ1v) is 4.85. The smallest absolute Gasteiger partial charge is 0.113 e. The van der Waals surface area contributed by atoms with Crippen LogP contribution in [0.25, 0.3) is 0 Å². The minimum atomic E-state index is 0.0347. The summed E-state index contributed by atoms with van der Waals surface area (Å²) < 4.78 is 0. The largest absolute Gasteiger partial charge is 0.287 e. The van der Waals surface area contributed by atoms with E-state index >= 15 is 0 Å². The van der Waals surface area contributed by atoms with Gasteiger partial charge in [-0.25, -0.2) is 0 Å². The van der Waals surface area contributed by atoms with E-state index < -0.39 is 0 Å². The molecule has 0 radical (unpaired) electrons. The fraction of sp³-hybridized carbons (Fsp3) is 0.727. The highest BCUT2D eigenvalue weighted by atomic mass is 14.8. The van der Waals surface area contributed by atoms with Gasteiger partial charge in [0.1, 0.15) is 7.85 Å². The number of nitrogens with zero attached hydrogens (tertiary/aromatic N) is 1. The van der Waals surface area contributed by atoms with Crippen LogP contribution in [-0.2, 0) is 0 Å². The van der Waals surface area contributed by atoms with Crippen molar-refractivity contribution >= 4 is 14.1 Å². The standard InChI is InChI=1S/C11H22BN/c1-9(7-11(5,6)12)8-13-10(2,3)4/h7-8H,12H2,1-6H3/b9-7-,13-8-. The van der Waals surface area contributed by atoms with Crippen LogP contribution in [0.3, 0.4) is 0 Å². The van der Waals surface area contributed by atoms with Crippen molar-refractivity contribution in [3.63, 3.8) is 0 Å². The van der Waals surface area contributed by atoms with Crippen LogP contribution in [0, 0.1) is 0 Å². The zero-order valence-electron chi connectivity index (χ0n) is 10.1. The van der Waals surface area contributed by atoms with Crippen molar-refractivity contribution in [3.05, 3.63) is 11.6 Å². The summed E-state index contributed by atoms with van der Waals surface area (Å²) in [5, 5.41) is 0.244. The van der Waals surface area contributed by atoms with Gasteiger partial charge >= 0.3 is 0 Å². The Morgan fingerprint density at radius 2 is 1.62 bits per heavy atom. The van der Waals surface area contributed by atoms with Crippen LogP contribution < -0.4 is 0 Å². The Kier molecular flexibility index (Phi) is 3.96. The van der Waals surface area contributed by atoms with Gasteiger partial charge in [0.25, 0.3) is 0 Å². The average Bonchev–Trinajstić information content (AvgIpc) is 1.78. The fourth-order valence-electron chi connectivity index (χ4n) is 1.02. The van der Waals surface area contributed by atoms with Crippen LogP contribution in [0.4, 0.5) is 0 Å². The van der Waals surface area contributed by atoms with E-state index in [1.165, 1.54) is 5.57 Å². The van der Waals surface area contributed by atoms with E-state index in [0.29, 0.717) is 0 Å². The molecule has 0 bridgehead atoms. The highest BCUT2D eigenvalue weighted by Gasteiger charge is 2.07. The highest BCUT2D eigenvalue weighted by molar-refractivity contribution is 6.16. The van der Waals surface area contributed by atoms with Crippen molar-refractivity contribution in [2.45, 2.75) is 52.4 Å². The van der Waals surface area contributed by atoms with Gasteiger partial charge in [0.15, 0.2) is 0 Å². The number of allylic oxidation sites excluding steroid dienone is 2. The van der Waals surface area contributed by atoms with Gasteiger partial charge < -0.3 is 0 Å². The van der Waals surface area contributed by atoms with Gasteiger partial charge in [-0.1, -0.05) is 19.9 Å². The molecule has 1 nitrogen and oxygen atoms in total. The molecule has 0 atom stereocenters. The molecule has 0 N–H and O–H groups in total. The first-order chi connectivity index (χ1) is 5.60. The predicted octanol–water partition coefficient (Wildman–Crippen LogP) is 2.63. The lowest BCUT2D eigenvalue weighted by Gasteiger charge is -2.14. The Morgan fingerprint density at radius 1 is 1.15 bits per heavy atom. The normalized spacial score (nSPS) is 15.4. The van der Waals surface area contributed by atoms with Crippen molar-refractivity contribution < 1.29 is 0 Å². The molecule has 0 aliphatic rings. The summed E-state index contributed by atoms with van der Waals surface area (Å²) >= 11 is 0. The van der Waals surface area contributed by atoms with Crippen LogP contribution in [0.1, 0.15) is 41.5 Å². The van der Waals surface area contributed by atoms with Crippen LogP contribution in [0.15, 0.2) is 16.6 Å². The first-order valence-electron chi connectivity index (χ1n) is 4.85. The molecule has 2 heteroatoms. The fourth-order valence-corrected chi connectivity index (χ4v) is 1.02. The Bertz CT molecular complexity index is 213. The van der Waals surface area contributed by atoms with Crippen molar-refractivity contribution in [1.82, 2.24) is 0 Å². The molecule has 0 saturated carbocycles. The summed E-state index contributed by atoms with van der Waals surface area (Å²) in [5.41, 5.74) is 1.27. The van der Waals surface area contributed by atoms with E-state index in [1.54, 1.807) is 0 Å². The molecule has 0 aromatic heterocycles. The molecule has 13 heavy (non-hydrogen) atoms. The third-order valence-corrected chi connectivity index (χ3v) is 1.32. The number of rotatable bonds is 2. The Morgan fingerprint density at radius 3 is 1.92 bits per heavy atom. The molecule has 0 saturated heterocycles. The lowest BCUT2D eigenvalue weighted by Crippen LogP contribution is -2.10. The molecule has 0 aromatic carbocycles. The highest BCUT2D eigenvalue weighted by Crippen LogP contribution is 2.21.